The Morgan fingerprint density at radius 3 is 2.33 bits per heavy atom. The molecule has 0 bridgehead atoms. The van der Waals surface area contributed by atoms with Crippen LogP contribution in [-0.4, -0.2) is 43.0 Å². The second-order valence-electron chi connectivity index (χ2n) is 4.40. The molecule has 86 valence electrons. The average Bonchev–Trinajstić information content (AvgIpc) is 2.40. The fraction of sp³-hybridized carbons (Fsp3) is 0.800. The van der Waals surface area contributed by atoms with Crippen LogP contribution in [0.5, 0.6) is 0 Å². The Morgan fingerprint density at radius 2 is 2.00 bits per heavy atom. The lowest BCUT2D eigenvalue weighted by molar-refractivity contribution is -0.126. The molecule has 5 nitrogen and oxygen atoms in total. The Hall–Kier alpha value is -1.10. The summed E-state index contributed by atoms with van der Waals surface area (Å²) in [6.45, 7) is 4.66. The average molecular weight is 213 g/mol. The minimum Gasteiger partial charge on any atom is -0.323 e. The van der Waals surface area contributed by atoms with Crippen LogP contribution in [0, 0.1) is 5.92 Å². The molecule has 1 saturated heterocycles. The summed E-state index contributed by atoms with van der Waals surface area (Å²) in [5.74, 6) is -0.117. The van der Waals surface area contributed by atoms with Gasteiger partial charge in [-0.2, -0.15) is 0 Å². The molecule has 3 amide bonds. The van der Waals surface area contributed by atoms with Gasteiger partial charge in [0.15, 0.2) is 0 Å². The van der Waals surface area contributed by atoms with Crippen LogP contribution >= 0.6 is 0 Å². The van der Waals surface area contributed by atoms with Crippen molar-refractivity contribution in [3.63, 3.8) is 0 Å². The predicted molar refractivity (Wildman–Crippen MR) is 57.4 cm³/mol. The summed E-state index contributed by atoms with van der Waals surface area (Å²) >= 11 is 0. The van der Waals surface area contributed by atoms with Crippen LogP contribution in [0.25, 0.3) is 0 Å². The minimum absolute atomic E-state index is 0.0870. The van der Waals surface area contributed by atoms with E-state index in [2.05, 4.69) is 10.6 Å². The van der Waals surface area contributed by atoms with Gasteiger partial charge in [-0.3, -0.25) is 10.1 Å². The highest BCUT2D eigenvalue weighted by Crippen LogP contribution is 2.25. The maximum Gasteiger partial charge on any atom is 0.322 e. The van der Waals surface area contributed by atoms with E-state index < -0.39 is 5.54 Å². The van der Waals surface area contributed by atoms with Gasteiger partial charge in [-0.1, -0.05) is 13.8 Å². The molecule has 0 spiro atoms. The third-order valence-corrected chi connectivity index (χ3v) is 3.01. The molecule has 0 saturated carbocycles. The first-order valence-electron chi connectivity index (χ1n) is 5.20. The number of carbonyl (C=O) groups excluding carboxylic acids is 2. The van der Waals surface area contributed by atoms with Crippen molar-refractivity contribution in [3.8, 4) is 0 Å². The van der Waals surface area contributed by atoms with Gasteiger partial charge < -0.3 is 10.2 Å². The van der Waals surface area contributed by atoms with Crippen molar-refractivity contribution in [1.82, 2.24) is 15.5 Å². The normalized spacial score (nSPS) is 27.8. The molecule has 0 aliphatic carbocycles. The van der Waals surface area contributed by atoms with Crippen molar-refractivity contribution in [1.29, 1.82) is 0 Å². The van der Waals surface area contributed by atoms with E-state index in [-0.39, 0.29) is 17.9 Å². The second kappa shape index (κ2) is 4.18. The minimum atomic E-state index is -0.735. The highest BCUT2D eigenvalue weighted by atomic mass is 16.2. The van der Waals surface area contributed by atoms with E-state index in [0.717, 1.165) is 6.54 Å². The summed E-state index contributed by atoms with van der Waals surface area (Å²) in [4.78, 5) is 24.9. The Balaban J connectivity index is 2.85. The lowest BCUT2D eigenvalue weighted by Gasteiger charge is -2.33. The molecule has 15 heavy (non-hydrogen) atoms. The summed E-state index contributed by atoms with van der Waals surface area (Å²) in [5.41, 5.74) is -0.735. The molecule has 1 unspecified atom stereocenters. The van der Waals surface area contributed by atoms with E-state index in [4.69, 9.17) is 0 Å². The Morgan fingerprint density at radius 1 is 1.40 bits per heavy atom. The maximum atomic E-state index is 11.7. The molecular formula is C10H19N3O2. The van der Waals surface area contributed by atoms with E-state index in [9.17, 15) is 9.59 Å². The summed E-state index contributed by atoms with van der Waals surface area (Å²) in [6.07, 6.45) is 0.611. The van der Waals surface area contributed by atoms with Crippen molar-refractivity contribution in [2.45, 2.75) is 25.8 Å². The fourth-order valence-electron chi connectivity index (χ4n) is 2.15. The molecular weight excluding hydrogens is 194 g/mol. The number of amides is 3. The molecule has 1 fully saturated rings. The SMILES string of the molecule is CC[C@@]1(C(C)CN(C)C)NC(=O)NC1=O. The van der Waals surface area contributed by atoms with E-state index in [1.165, 1.54) is 0 Å². The van der Waals surface area contributed by atoms with Crippen LogP contribution in [0.1, 0.15) is 20.3 Å². The van der Waals surface area contributed by atoms with Gasteiger partial charge in [0.25, 0.3) is 5.91 Å². The van der Waals surface area contributed by atoms with Gasteiger partial charge in [0.1, 0.15) is 5.54 Å². The van der Waals surface area contributed by atoms with Crippen LogP contribution in [-0.2, 0) is 4.79 Å². The third kappa shape index (κ3) is 2.12. The van der Waals surface area contributed by atoms with Crippen LogP contribution in [0.15, 0.2) is 0 Å². The van der Waals surface area contributed by atoms with E-state index in [1.54, 1.807) is 0 Å². The van der Waals surface area contributed by atoms with Gasteiger partial charge >= 0.3 is 6.03 Å². The van der Waals surface area contributed by atoms with Gasteiger partial charge in [-0.15, -0.1) is 0 Å². The number of imide groups is 1. The standard InChI is InChI=1S/C10H19N3O2/c1-5-10(7(2)6-13(3)4)8(14)11-9(15)12-10/h7H,5-6H2,1-4H3,(H2,11,12,14,15)/t7?,10-/m0/s1. The zero-order valence-corrected chi connectivity index (χ0v) is 9.76. The summed E-state index contributed by atoms with van der Waals surface area (Å²) in [5, 5.41) is 5.05. The number of hydrogen-bond donors (Lipinski definition) is 2. The topological polar surface area (TPSA) is 61.4 Å². The van der Waals surface area contributed by atoms with Crippen molar-refractivity contribution < 1.29 is 9.59 Å². The molecule has 1 heterocycles. The molecule has 2 atom stereocenters. The third-order valence-electron chi connectivity index (χ3n) is 3.01. The number of rotatable bonds is 4. The number of carbonyl (C=O) groups is 2. The molecule has 0 radical (unpaired) electrons. The van der Waals surface area contributed by atoms with Gasteiger partial charge in [-0.05, 0) is 20.5 Å². The molecule has 2 N–H and O–H groups in total. The highest BCUT2D eigenvalue weighted by Gasteiger charge is 2.48. The Kier molecular flexibility index (Phi) is 3.34. The summed E-state index contributed by atoms with van der Waals surface area (Å²) < 4.78 is 0. The highest BCUT2D eigenvalue weighted by molar-refractivity contribution is 6.07. The monoisotopic (exact) mass is 213 g/mol. The van der Waals surface area contributed by atoms with Crippen LogP contribution in [0.3, 0.4) is 0 Å². The van der Waals surface area contributed by atoms with E-state index in [1.807, 2.05) is 32.8 Å². The van der Waals surface area contributed by atoms with Gasteiger partial charge in [0.2, 0.25) is 0 Å². The smallest absolute Gasteiger partial charge is 0.322 e. The van der Waals surface area contributed by atoms with Gasteiger partial charge in [-0.25, -0.2) is 4.79 Å². The quantitative estimate of drug-likeness (QED) is 0.654. The molecule has 0 aromatic rings. The van der Waals surface area contributed by atoms with Crippen molar-refractivity contribution in [2.24, 2.45) is 5.92 Å². The zero-order chi connectivity index (χ0) is 11.6. The number of urea groups is 1. The molecule has 0 aromatic heterocycles. The second-order valence-corrected chi connectivity index (χ2v) is 4.40. The van der Waals surface area contributed by atoms with Crippen molar-refractivity contribution in [3.05, 3.63) is 0 Å². The van der Waals surface area contributed by atoms with E-state index >= 15 is 0 Å². The maximum absolute atomic E-state index is 11.7. The van der Waals surface area contributed by atoms with Gasteiger partial charge in [0, 0.05) is 12.5 Å². The molecule has 1 rings (SSSR count). The van der Waals surface area contributed by atoms with E-state index in [0.29, 0.717) is 6.42 Å². The Labute approximate surface area is 90.2 Å². The number of nitrogens with one attached hydrogen (secondary N) is 2. The lowest BCUT2D eigenvalue weighted by Crippen LogP contribution is -2.54. The zero-order valence-electron chi connectivity index (χ0n) is 9.76. The van der Waals surface area contributed by atoms with Crippen molar-refractivity contribution in [2.75, 3.05) is 20.6 Å². The van der Waals surface area contributed by atoms with Crippen LogP contribution in [0.4, 0.5) is 4.79 Å². The predicted octanol–water partition coefficient (Wildman–Crippen LogP) is 0.172. The fourth-order valence-corrected chi connectivity index (χ4v) is 2.15. The van der Waals surface area contributed by atoms with Crippen molar-refractivity contribution >= 4 is 11.9 Å². The largest absolute Gasteiger partial charge is 0.323 e. The summed E-state index contributed by atoms with van der Waals surface area (Å²) in [7, 11) is 3.91. The number of hydrogen-bond acceptors (Lipinski definition) is 3. The molecule has 0 aromatic carbocycles. The first-order valence-corrected chi connectivity index (χ1v) is 5.20. The first-order chi connectivity index (χ1) is 6.92. The first kappa shape index (κ1) is 12.0. The molecule has 1 aliphatic rings. The molecule has 5 heteroatoms. The number of nitrogens with zero attached hydrogens (tertiary/aromatic N) is 1. The lowest BCUT2D eigenvalue weighted by atomic mass is 9.82. The summed E-state index contributed by atoms with van der Waals surface area (Å²) in [6, 6.07) is -0.382. The Bertz CT molecular complexity index is 278. The van der Waals surface area contributed by atoms with Crippen LogP contribution in [0.2, 0.25) is 0 Å². The van der Waals surface area contributed by atoms with Gasteiger partial charge in [0.05, 0.1) is 0 Å². The van der Waals surface area contributed by atoms with Crippen LogP contribution < -0.4 is 10.6 Å². The molecule has 1 aliphatic heterocycles.